The molecule has 4 heteroatoms. The first-order chi connectivity index (χ1) is 16.0. The predicted octanol–water partition coefficient (Wildman–Crippen LogP) is 9.81. The van der Waals surface area contributed by atoms with Crippen molar-refractivity contribution in [3.05, 3.63) is 79.9 Å². The van der Waals surface area contributed by atoms with Crippen LogP contribution in [-0.2, 0) is 28.4 Å². The quantitative estimate of drug-likeness (QED) is 0.281. The molecule has 0 spiro atoms. The van der Waals surface area contributed by atoms with Gasteiger partial charge in [0.1, 0.15) is 0 Å². The molecular formula is C30H41Cl2SiZr. The van der Waals surface area contributed by atoms with Gasteiger partial charge in [0.2, 0.25) is 0 Å². The van der Waals surface area contributed by atoms with Crippen LogP contribution in [-0.4, -0.2) is 5.92 Å². The Morgan fingerprint density at radius 2 is 1.09 bits per heavy atom. The van der Waals surface area contributed by atoms with Gasteiger partial charge in [-0.3, -0.25) is 0 Å². The van der Waals surface area contributed by atoms with E-state index in [2.05, 4.69) is 91.1 Å². The summed E-state index contributed by atoms with van der Waals surface area (Å²) in [5, 5.41) is 0. The van der Waals surface area contributed by atoms with Gasteiger partial charge in [0.05, 0.1) is 0 Å². The summed E-state index contributed by atoms with van der Waals surface area (Å²) in [5.74, 6) is -1.46. The van der Waals surface area contributed by atoms with E-state index in [9.17, 15) is 0 Å². The maximum atomic E-state index is 8.35. The van der Waals surface area contributed by atoms with Crippen molar-refractivity contribution >= 4 is 35.1 Å². The summed E-state index contributed by atoms with van der Waals surface area (Å²) in [7, 11) is 16.7. The van der Waals surface area contributed by atoms with Gasteiger partial charge in [0.15, 0.2) is 0 Å². The summed E-state index contributed by atoms with van der Waals surface area (Å²) < 4.78 is 0.411. The second kappa shape index (κ2) is 9.48. The van der Waals surface area contributed by atoms with Crippen LogP contribution < -0.4 is 0 Å². The van der Waals surface area contributed by atoms with Crippen LogP contribution in [0.2, 0.25) is 13.1 Å². The molecule has 34 heavy (non-hydrogen) atoms. The molecule has 0 nitrogen and oxygen atoms in total. The van der Waals surface area contributed by atoms with Crippen molar-refractivity contribution in [2.45, 2.75) is 87.6 Å². The zero-order chi connectivity index (χ0) is 25.0. The Morgan fingerprint density at radius 1 is 0.706 bits per heavy atom. The molecule has 0 radical (unpaired) electrons. The van der Waals surface area contributed by atoms with E-state index in [-0.39, 0.29) is 7.25 Å². The number of fused-ring (bicyclic) bond motifs is 2. The van der Waals surface area contributed by atoms with E-state index >= 15 is 0 Å². The molecule has 2 aromatic carbocycles. The van der Waals surface area contributed by atoms with Crippen LogP contribution >= 0.6 is 17.0 Å². The monoisotopic (exact) mass is 589 g/mol. The molecule has 0 amide bonds. The average Bonchev–Trinajstić information content (AvgIpc) is 3.32. The summed E-state index contributed by atoms with van der Waals surface area (Å²) in [6.07, 6.45) is 9.42. The van der Waals surface area contributed by atoms with Crippen molar-refractivity contribution < 1.29 is 15.6 Å². The van der Waals surface area contributed by atoms with Crippen molar-refractivity contribution in [2.75, 3.05) is 0 Å². The molecule has 0 heterocycles. The molecule has 0 aromatic heterocycles. The van der Waals surface area contributed by atoms with E-state index in [1.807, 2.05) is 0 Å². The maximum absolute atomic E-state index is 8.35. The van der Waals surface area contributed by atoms with Gasteiger partial charge in [-0.15, -0.1) is 0 Å². The first-order valence-corrected chi connectivity index (χ1v) is 29.5. The number of aryl methyl sites for hydroxylation is 4. The normalized spacial score (nSPS) is 20.6. The molecule has 0 fully saturated rings. The van der Waals surface area contributed by atoms with Gasteiger partial charge in [-0.1, -0.05) is 0 Å². The number of allylic oxidation sites excluding steroid dienone is 2. The van der Waals surface area contributed by atoms with Crippen LogP contribution in [0, 0.1) is 13.8 Å². The van der Waals surface area contributed by atoms with E-state index in [0.717, 1.165) is 25.7 Å². The third-order valence-corrected chi connectivity index (χ3v) is 60.8. The molecule has 2 aromatic rings. The van der Waals surface area contributed by atoms with Crippen molar-refractivity contribution in [1.29, 1.82) is 0 Å². The Labute approximate surface area is 216 Å². The zero-order valence-electron chi connectivity index (χ0n) is 22.3. The van der Waals surface area contributed by atoms with E-state index < -0.39 is 21.5 Å². The Morgan fingerprint density at radius 3 is 1.41 bits per heavy atom. The third kappa shape index (κ3) is 3.86. The summed E-state index contributed by atoms with van der Waals surface area (Å²) >= 11 is -4.53. The van der Waals surface area contributed by atoms with Gasteiger partial charge in [0.25, 0.3) is 0 Å². The Balaban J connectivity index is 2.02. The Hall–Kier alpha value is -0.400. The molecular weight excluding hydrogens is 551 g/mol. The van der Waals surface area contributed by atoms with Gasteiger partial charge in [-0.05, 0) is 0 Å². The van der Waals surface area contributed by atoms with E-state index in [0.29, 0.717) is 0 Å². The van der Waals surface area contributed by atoms with Crippen LogP contribution in [0.25, 0.3) is 12.2 Å². The molecule has 4 rings (SSSR count). The van der Waals surface area contributed by atoms with Gasteiger partial charge in [0, 0.05) is 0 Å². The first kappa shape index (κ1) is 26.7. The van der Waals surface area contributed by atoms with E-state index in [1.54, 1.807) is 0 Å². The van der Waals surface area contributed by atoms with Crippen molar-refractivity contribution in [3.63, 3.8) is 0 Å². The van der Waals surface area contributed by atoms with E-state index in [1.165, 1.54) is 55.7 Å². The van der Waals surface area contributed by atoms with Crippen molar-refractivity contribution in [2.24, 2.45) is 0 Å². The minimum absolute atomic E-state index is 0.205. The third-order valence-electron chi connectivity index (χ3n) is 8.67. The van der Waals surface area contributed by atoms with Crippen molar-refractivity contribution in [3.8, 4) is 0 Å². The molecule has 0 aliphatic heterocycles. The molecule has 0 bridgehead atoms. The summed E-state index contributed by atoms with van der Waals surface area (Å²) in [5.41, 5.74) is 14.2. The molecule has 2 unspecified atom stereocenters. The standard InChI is InChI=1S/2C14H17.C2H7Si.2ClH.Zr/c2*1-4-5-12-7-6-11(3)13-8-10(2)9-14(12)13;1-3-2;;;/h2*6-9H,4-5H2,1-3H3;3H,1-2H3;2*1H;/q;;;;;+2/p-2. The van der Waals surface area contributed by atoms with Gasteiger partial charge < -0.3 is 0 Å². The van der Waals surface area contributed by atoms with Crippen LogP contribution in [0.5, 0.6) is 0 Å². The first-order valence-electron chi connectivity index (χ1n) is 13.2. The fourth-order valence-corrected chi connectivity index (χ4v) is 40.0. The molecule has 0 saturated carbocycles. The van der Waals surface area contributed by atoms with E-state index in [4.69, 9.17) is 17.0 Å². The number of hydrogen-bond acceptors (Lipinski definition) is 0. The van der Waals surface area contributed by atoms with Gasteiger partial charge in [-0.2, -0.15) is 0 Å². The topological polar surface area (TPSA) is 0 Å². The summed E-state index contributed by atoms with van der Waals surface area (Å²) in [6, 6.07) is 9.31. The summed E-state index contributed by atoms with van der Waals surface area (Å²) in [6.45, 7) is 18.6. The number of halogens is 2. The molecule has 183 valence electrons. The molecule has 2 aliphatic rings. The van der Waals surface area contributed by atoms with Crippen LogP contribution in [0.1, 0.15) is 92.3 Å². The fourth-order valence-electron chi connectivity index (χ4n) is 7.00. The molecule has 0 N–H and O–H groups in total. The van der Waals surface area contributed by atoms with Crippen LogP contribution in [0.4, 0.5) is 0 Å². The zero-order valence-corrected chi connectivity index (χ0v) is 27.4. The molecule has 0 saturated heterocycles. The number of benzene rings is 2. The molecule has 2 aliphatic carbocycles. The predicted molar refractivity (Wildman–Crippen MR) is 154 cm³/mol. The number of rotatable bonds is 7. The van der Waals surface area contributed by atoms with Gasteiger partial charge in [-0.25, -0.2) is 0 Å². The van der Waals surface area contributed by atoms with Crippen molar-refractivity contribution in [1.82, 2.24) is 0 Å². The Kier molecular flexibility index (Phi) is 7.43. The Bertz CT molecular complexity index is 1120. The number of hydrogen-bond donors (Lipinski definition) is 0. The van der Waals surface area contributed by atoms with Crippen LogP contribution in [0.3, 0.4) is 0 Å². The minimum atomic E-state index is -4.53. The van der Waals surface area contributed by atoms with Crippen LogP contribution in [0.15, 0.2) is 35.4 Å². The van der Waals surface area contributed by atoms with Gasteiger partial charge >= 0.3 is 218 Å². The average molecular weight is 592 g/mol. The SMILES string of the molecule is CCCc1ccc(C)c2c1C=C(C)[CH]2[Zr]([Cl])([Cl])([CH]1C(C)=Cc2c(CCC)ccc(C)c21)[SiH](C)C. The molecule has 2 atom stereocenters. The fraction of sp³-hybridized carbons (Fsp3) is 0.467. The second-order valence-electron chi connectivity index (χ2n) is 11.3. The summed E-state index contributed by atoms with van der Waals surface area (Å²) in [4.78, 5) is 0. The second-order valence-corrected chi connectivity index (χ2v) is 53.8.